The number of benzene rings is 2. The largest absolute Gasteiger partial charge is 0.465 e. The van der Waals surface area contributed by atoms with Crippen LogP contribution in [0.1, 0.15) is 15.9 Å². The van der Waals surface area contributed by atoms with Gasteiger partial charge in [0.05, 0.1) is 19.8 Å². The van der Waals surface area contributed by atoms with E-state index in [4.69, 9.17) is 9.47 Å². The lowest BCUT2D eigenvalue weighted by Crippen LogP contribution is -2.27. The Morgan fingerprint density at radius 3 is 2.35 bits per heavy atom. The van der Waals surface area contributed by atoms with Crippen LogP contribution in [0.3, 0.4) is 0 Å². The van der Waals surface area contributed by atoms with Crippen LogP contribution in [0.5, 0.6) is 0 Å². The molecule has 1 heterocycles. The van der Waals surface area contributed by atoms with Crippen LogP contribution >= 0.6 is 0 Å². The fraction of sp³-hybridized carbons (Fsp3) is 0.125. The average Bonchev–Trinajstić information content (AvgIpc) is 3.01. The minimum absolute atomic E-state index is 0.00140. The zero-order valence-corrected chi connectivity index (χ0v) is 17.4. The molecular formula is C24H22N2O5. The van der Waals surface area contributed by atoms with Crippen molar-refractivity contribution >= 4 is 29.2 Å². The molecule has 0 spiro atoms. The summed E-state index contributed by atoms with van der Waals surface area (Å²) in [6.07, 6.45) is 6.41. The number of aryl methyl sites for hydroxylation is 1. The van der Waals surface area contributed by atoms with E-state index in [1.165, 1.54) is 25.2 Å². The lowest BCUT2D eigenvalue weighted by molar-refractivity contribution is -0.139. The van der Waals surface area contributed by atoms with E-state index in [0.29, 0.717) is 16.9 Å². The number of anilines is 2. The molecule has 0 aromatic heterocycles. The number of hydrogen-bond donors (Lipinski definition) is 1. The number of amides is 1. The summed E-state index contributed by atoms with van der Waals surface area (Å²) in [7, 11) is 2.47. The van der Waals surface area contributed by atoms with Crippen LogP contribution in [-0.2, 0) is 19.1 Å². The van der Waals surface area contributed by atoms with E-state index in [1.807, 2.05) is 19.1 Å². The Labute approximate surface area is 180 Å². The van der Waals surface area contributed by atoms with Crippen LogP contribution in [0.25, 0.3) is 0 Å². The van der Waals surface area contributed by atoms with E-state index in [2.05, 4.69) is 5.32 Å². The first-order chi connectivity index (χ1) is 14.9. The molecule has 7 heteroatoms. The molecule has 0 saturated heterocycles. The fourth-order valence-corrected chi connectivity index (χ4v) is 3.09. The van der Waals surface area contributed by atoms with E-state index >= 15 is 0 Å². The molecule has 0 bridgehead atoms. The third kappa shape index (κ3) is 4.90. The molecule has 31 heavy (non-hydrogen) atoms. The van der Waals surface area contributed by atoms with Crippen molar-refractivity contribution in [1.82, 2.24) is 0 Å². The molecule has 2 aromatic carbocycles. The van der Waals surface area contributed by atoms with Gasteiger partial charge < -0.3 is 19.7 Å². The number of rotatable bonds is 5. The van der Waals surface area contributed by atoms with Gasteiger partial charge in [0, 0.05) is 23.1 Å². The number of nitrogens with one attached hydrogen (secondary N) is 1. The van der Waals surface area contributed by atoms with Crippen LogP contribution < -0.4 is 10.2 Å². The molecular weight excluding hydrogens is 396 g/mol. The molecule has 0 fully saturated rings. The normalized spacial score (nSPS) is 12.9. The Balaban J connectivity index is 1.98. The van der Waals surface area contributed by atoms with Crippen molar-refractivity contribution in [3.05, 3.63) is 95.4 Å². The molecule has 3 rings (SSSR count). The molecule has 1 amide bonds. The average molecular weight is 418 g/mol. The van der Waals surface area contributed by atoms with E-state index in [0.717, 1.165) is 5.56 Å². The van der Waals surface area contributed by atoms with Gasteiger partial charge in [0.15, 0.2) is 0 Å². The van der Waals surface area contributed by atoms with Gasteiger partial charge in [0.2, 0.25) is 0 Å². The van der Waals surface area contributed by atoms with Gasteiger partial charge in [-0.1, -0.05) is 29.8 Å². The van der Waals surface area contributed by atoms with Crippen molar-refractivity contribution in [1.29, 1.82) is 0 Å². The van der Waals surface area contributed by atoms with Gasteiger partial charge in [-0.15, -0.1) is 0 Å². The number of allylic oxidation sites excluding steroid dienone is 2. The van der Waals surface area contributed by atoms with Gasteiger partial charge in [-0.25, -0.2) is 9.59 Å². The number of carbonyl (C=O) groups is 3. The summed E-state index contributed by atoms with van der Waals surface area (Å²) in [5.41, 5.74) is 2.64. The quantitative estimate of drug-likeness (QED) is 0.745. The second kappa shape index (κ2) is 9.58. The fourth-order valence-electron chi connectivity index (χ4n) is 3.09. The standard InChI is InChI=1S/C24H22N2O5/c1-16-8-6-9-17(14-16)22(27)25-18-10-7-11-19(15-18)26-13-5-4-12-20(23(28)30-2)21(26)24(29)31-3/h4-15H,1-3H3,(H,25,27). The van der Waals surface area contributed by atoms with Crippen molar-refractivity contribution in [3.8, 4) is 0 Å². The number of nitrogens with zero attached hydrogens (tertiary/aromatic N) is 1. The van der Waals surface area contributed by atoms with Gasteiger partial charge in [0.1, 0.15) is 5.70 Å². The molecule has 1 aliphatic heterocycles. The summed E-state index contributed by atoms with van der Waals surface area (Å²) in [5.74, 6) is -1.63. The van der Waals surface area contributed by atoms with E-state index < -0.39 is 11.9 Å². The second-order valence-electron chi connectivity index (χ2n) is 6.69. The zero-order valence-electron chi connectivity index (χ0n) is 17.4. The lowest BCUT2D eigenvalue weighted by atomic mass is 10.1. The summed E-state index contributed by atoms with van der Waals surface area (Å²) < 4.78 is 9.72. The maximum Gasteiger partial charge on any atom is 0.355 e. The Hall–Kier alpha value is -4.13. The summed E-state index contributed by atoms with van der Waals surface area (Å²) in [5, 5.41) is 2.85. The molecule has 0 radical (unpaired) electrons. The SMILES string of the molecule is COC(=O)C1=C(C(=O)OC)N(c2cccc(NC(=O)c3cccc(C)c3)c2)C=CC=C1. The predicted octanol–water partition coefficient (Wildman–Crippen LogP) is 3.74. The van der Waals surface area contributed by atoms with Crippen molar-refractivity contribution in [2.24, 2.45) is 0 Å². The smallest absolute Gasteiger partial charge is 0.355 e. The van der Waals surface area contributed by atoms with Crippen LogP contribution in [-0.4, -0.2) is 32.1 Å². The number of hydrogen-bond acceptors (Lipinski definition) is 6. The van der Waals surface area contributed by atoms with Gasteiger partial charge in [-0.2, -0.15) is 0 Å². The first-order valence-corrected chi connectivity index (χ1v) is 9.47. The highest BCUT2D eigenvalue weighted by Crippen LogP contribution is 2.28. The molecule has 0 unspecified atom stereocenters. The number of ether oxygens (including phenoxy) is 2. The van der Waals surface area contributed by atoms with Gasteiger partial charge in [-0.3, -0.25) is 4.79 Å². The molecule has 158 valence electrons. The topological polar surface area (TPSA) is 84.9 Å². The van der Waals surface area contributed by atoms with E-state index in [1.54, 1.807) is 54.8 Å². The Morgan fingerprint density at radius 1 is 0.903 bits per heavy atom. The first-order valence-electron chi connectivity index (χ1n) is 9.47. The highest BCUT2D eigenvalue weighted by Gasteiger charge is 2.27. The Kier molecular flexibility index (Phi) is 6.67. The number of carbonyl (C=O) groups excluding carboxylic acids is 3. The zero-order chi connectivity index (χ0) is 22.4. The summed E-state index contributed by atoms with van der Waals surface area (Å²) >= 11 is 0. The first kappa shape index (κ1) is 21.6. The van der Waals surface area contributed by atoms with Crippen molar-refractivity contribution < 1.29 is 23.9 Å². The third-order valence-electron chi connectivity index (χ3n) is 4.55. The summed E-state index contributed by atoms with van der Waals surface area (Å²) in [6.45, 7) is 1.91. The second-order valence-corrected chi connectivity index (χ2v) is 6.69. The minimum atomic E-state index is -0.703. The molecule has 2 aromatic rings. The highest BCUT2D eigenvalue weighted by molar-refractivity contribution is 6.06. The van der Waals surface area contributed by atoms with Crippen molar-refractivity contribution in [3.63, 3.8) is 0 Å². The van der Waals surface area contributed by atoms with E-state index in [-0.39, 0.29) is 17.2 Å². The van der Waals surface area contributed by atoms with Gasteiger partial charge in [-0.05, 0) is 49.4 Å². The minimum Gasteiger partial charge on any atom is -0.465 e. The predicted molar refractivity (Wildman–Crippen MR) is 117 cm³/mol. The number of esters is 2. The molecule has 1 N–H and O–H groups in total. The molecule has 1 aliphatic rings. The monoisotopic (exact) mass is 418 g/mol. The Bertz CT molecular complexity index is 1110. The lowest BCUT2D eigenvalue weighted by Gasteiger charge is -2.23. The van der Waals surface area contributed by atoms with Gasteiger partial charge in [0.25, 0.3) is 5.91 Å². The summed E-state index contributed by atoms with van der Waals surface area (Å²) in [6, 6.07) is 14.2. The number of methoxy groups -OCH3 is 2. The molecule has 7 nitrogen and oxygen atoms in total. The van der Waals surface area contributed by atoms with Crippen LogP contribution in [0, 0.1) is 6.92 Å². The molecule has 0 atom stereocenters. The van der Waals surface area contributed by atoms with Crippen molar-refractivity contribution in [2.45, 2.75) is 6.92 Å². The van der Waals surface area contributed by atoms with Crippen LogP contribution in [0.4, 0.5) is 11.4 Å². The molecule has 0 aliphatic carbocycles. The Morgan fingerprint density at radius 2 is 1.65 bits per heavy atom. The van der Waals surface area contributed by atoms with Crippen LogP contribution in [0.15, 0.2) is 84.2 Å². The van der Waals surface area contributed by atoms with Crippen molar-refractivity contribution in [2.75, 3.05) is 24.4 Å². The highest BCUT2D eigenvalue weighted by atomic mass is 16.5. The maximum absolute atomic E-state index is 12.6. The van der Waals surface area contributed by atoms with E-state index in [9.17, 15) is 14.4 Å². The molecule has 0 saturated carbocycles. The third-order valence-corrected chi connectivity index (χ3v) is 4.55. The van der Waals surface area contributed by atoms with Gasteiger partial charge >= 0.3 is 11.9 Å². The van der Waals surface area contributed by atoms with Crippen LogP contribution in [0.2, 0.25) is 0 Å². The summed E-state index contributed by atoms with van der Waals surface area (Å²) in [4.78, 5) is 38.9. The maximum atomic E-state index is 12.6.